The van der Waals surface area contributed by atoms with E-state index in [0.717, 1.165) is 0 Å². The number of hydrogen-bond donors (Lipinski definition) is 2. The van der Waals surface area contributed by atoms with Crippen molar-refractivity contribution in [3.05, 3.63) is 34.1 Å². The van der Waals surface area contributed by atoms with E-state index in [1.165, 1.54) is 18.2 Å². The molecule has 1 aliphatic heterocycles. The summed E-state index contributed by atoms with van der Waals surface area (Å²) < 4.78 is 5.47. The summed E-state index contributed by atoms with van der Waals surface area (Å²) in [6.07, 6.45) is 0. The number of benzene rings is 1. The predicted molar refractivity (Wildman–Crippen MR) is 68.3 cm³/mol. The lowest BCUT2D eigenvalue weighted by atomic mass is 10.2. The van der Waals surface area contributed by atoms with E-state index in [0.29, 0.717) is 23.2 Å². The first-order chi connectivity index (χ1) is 9.06. The zero-order valence-corrected chi connectivity index (χ0v) is 10.1. The molecule has 0 aliphatic carbocycles. The van der Waals surface area contributed by atoms with Gasteiger partial charge >= 0.3 is 0 Å². The topological polar surface area (TPSA) is 97.4 Å². The Labute approximate surface area is 107 Å². The molecule has 7 heteroatoms. The number of nitrogens with one attached hydrogen (secondary N) is 2. The van der Waals surface area contributed by atoms with E-state index in [2.05, 4.69) is 10.6 Å². The lowest BCUT2D eigenvalue weighted by Crippen LogP contribution is -2.34. The Morgan fingerprint density at radius 1 is 1.47 bits per heavy atom. The Bertz CT molecular complexity index is 692. The van der Waals surface area contributed by atoms with E-state index in [-0.39, 0.29) is 23.4 Å². The Hall–Kier alpha value is -2.57. The van der Waals surface area contributed by atoms with Crippen LogP contribution in [0.3, 0.4) is 0 Å². The van der Waals surface area contributed by atoms with E-state index in [1.807, 2.05) is 6.92 Å². The number of fused-ring (bicyclic) bond motifs is 3. The molecule has 7 nitrogen and oxygen atoms in total. The van der Waals surface area contributed by atoms with Crippen LogP contribution in [0.15, 0.2) is 22.6 Å². The standard InChI is InChI=1S/C12H11N3O4/c1-6-5-13-10-8-4-7(15(17)18)2-3-9(8)19-11(10)12(16)14-6/h2-4,6,13H,5H2,1H3,(H,14,16). The number of carbonyl (C=O) groups excluding carboxylic acids is 1. The third-order valence-electron chi connectivity index (χ3n) is 3.05. The summed E-state index contributed by atoms with van der Waals surface area (Å²) in [5.74, 6) is -0.147. The Kier molecular flexibility index (Phi) is 2.41. The van der Waals surface area contributed by atoms with Crippen LogP contribution in [0.4, 0.5) is 11.4 Å². The number of amides is 1. The number of carbonyl (C=O) groups is 1. The van der Waals surface area contributed by atoms with Gasteiger partial charge in [0.15, 0.2) is 0 Å². The molecular formula is C12H11N3O4. The van der Waals surface area contributed by atoms with Crippen molar-refractivity contribution >= 4 is 28.3 Å². The van der Waals surface area contributed by atoms with Gasteiger partial charge < -0.3 is 15.1 Å². The second-order valence-corrected chi connectivity index (χ2v) is 4.50. The van der Waals surface area contributed by atoms with Gasteiger partial charge in [0.1, 0.15) is 5.58 Å². The fraction of sp³-hybridized carbons (Fsp3) is 0.250. The van der Waals surface area contributed by atoms with Gasteiger partial charge in [-0.1, -0.05) is 0 Å². The van der Waals surface area contributed by atoms with Crippen molar-refractivity contribution in [3.8, 4) is 0 Å². The highest BCUT2D eigenvalue weighted by molar-refractivity contribution is 6.07. The molecular weight excluding hydrogens is 250 g/mol. The summed E-state index contributed by atoms with van der Waals surface area (Å²) in [6.45, 7) is 2.40. The van der Waals surface area contributed by atoms with Gasteiger partial charge in [0, 0.05) is 24.7 Å². The lowest BCUT2D eigenvalue weighted by Gasteiger charge is -2.08. The van der Waals surface area contributed by atoms with Crippen molar-refractivity contribution in [2.45, 2.75) is 13.0 Å². The van der Waals surface area contributed by atoms with E-state index in [1.54, 1.807) is 0 Å². The molecule has 2 aromatic rings. The first-order valence-electron chi connectivity index (χ1n) is 5.82. The molecule has 0 bridgehead atoms. The third-order valence-corrected chi connectivity index (χ3v) is 3.05. The number of hydrogen-bond acceptors (Lipinski definition) is 5. The van der Waals surface area contributed by atoms with Gasteiger partial charge in [-0.25, -0.2) is 0 Å². The van der Waals surface area contributed by atoms with Crippen molar-refractivity contribution in [1.82, 2.24) is 5.32 Å². The largest absolute Gasteiger partial charge is 0.449 e. The van der Waals surface area contributed by atoms with Crippen LogP contribution in [-0.4, -0.2) is 23.4 Å². The Balaban J connectivity index is 2.21. The molecule has 1 atom stereocenters. The van der Waals surface area contributed by atoms with Crippen LogP contribution in [0.2, 0.25) is 0 Å². The maximum Gasteiger partial charge on any atom is 0.289 e. The molecule has 1 aromatic heterocycles. The molecule has 1 aliphatic rings. The van der Waals surface area contributed by atoms with Crippen molar-refractivity contribution in [2.24, 2.45) is 0 Å². The van der Waals surface area contributed by atoms with Crippen molar-refractivity contribution in [1.29, 1.82) is 0 Å². The molecule has 0 radical (unpaired) electrons. The summed E-state index contributed by atoms with van der Waals surface area (Å²) in [4.78, 5) is 22.2. The fourth-order valence-electron chi connectivity index (χ4n) is 2.13. The first-order valence-corrected chi connectivity index (χ1v) is 5.82. The number of anilines is 1. The molecule has 0 spiro atoms. The second kappa shape index (κ2) is 3.98. The molecule has 1 unspecified atom stereocenters. The van der Waals surface area contributed by atoms with Gasteiger partial charge in [0.25, 0.3) is 11.6 Å². The van der Waals surface area contributed by atoms with E-state index in [9.17, 15) is 14.9 Å². The fourth-order valence-corrected chi connectivity index (χ4v) is 2.13. The Morgan fingerprint density at radius 3 is 3.00 bits per heavy atom. The first kappa shape index (κ1) is 11.5. The normalized spacial score (nSPS) is 18.4. The number of non-ortho nitro benzene ring substituents is 1. The van der Waals surface area contributed by atoms with E-state index < -0.39 is 4.92 Å². The summed E-state index contributed by atoms with van der Waals surface area (Å²) in [7, 11) is 0. The minimum absolute atomic E-state index is 0.0318. The molecule has 2 heterocycles. The minimum Gasteiger partial charge on any atom is -0.449 e. The summed E-state index contributed by atoms with van der Waals surface area (Å²) in [5.41, 5.74) is 0.934. The number of nitrogens with zero attached hydrogens (tertiary/aromatic N) is 1. The number of nitro groups is 1. The van der Waals surface area contributed by atoms with Gasteiger partial charge in [0.05, 0.1) is 16.0 Å². The van der Waals surface area contributed by atoms with Gasteiger partial charge in [-0.15, -0.1) is 0 Å². The van der Waals surface area contributed by atoms with Gasteiger partial charge in [-0.05, 0) is 13.0 Å². The van der Waals surface area contributed by atoms with Crippen molar-refractivity contribution < 1.29 is 14.1 Å². The molecule has 2 N–H and O–H groups in total. The number of rotatable bonds is 1. The average Bonchev–Trinajstić information content (AvgIpc) is 2.67. The second-order valence-electron chi connectivity index (χ2n) is 4.50. The smallest absolute Gasteiger partial charge is 0.289 e. The van der Waals surface area contributed by atoms with Crippen LogP contribution in [0.5, 0.6) is 0 Å². The summed E-state index contributed by atoms with van der Waals surface area (Å²) >= 11 is 0. The minimum atomic E-state index is -0.474. The van der Waals surface area contributed by atoms with E-state index in [4.69, 9.17) is 4.42 Å². The predicted octanol–water partition coefficient (Wildman–Crippen LogP) is 1.88. The van der Waals surface area contributed by atoms with Gasteiger partial charge in [-0.2, -0.15) is 0 Å². The van der Waals surface area contributed by atoms with Gasteiger partial charge in [-0.3, -0.25) is 14.9 Å². The number of nitro benzene ring substituents is 1. The van der Waals surface area contributed by atoms with Crippen LogP contribution >= 0.6 is 0 Å². The van der Waals surface area contributed by atoms with Crippen LogP contribution in [0, 0.1) is 10.1 Å². The molecule has 3 rings (SSSR count). The highest BCUT2D eigenvalue weighted by Gasteiger charge is 2.26. The summed E-state index contributed by atoms with van der Waals surface area (Å²) in [5, 5.41) is 17.2. The number of furan rings is 1. The zero-order valence-electron chi connectivity index (χ0n) is 10.1. The zero-order chi connectivity index (χ0) is 13.6. The van der Waals surface area contributed by atoms with Crippen LogP contribution in [0.25, 0.3) is 11.0 Å². The average molecular weight is 261 g/mol. The SMILES string of the molecule is CC1CNc2c(oc3ccc([N+](=O)[O-])cc23)C(=O)N1. The molecule has 0 fully saturated rings. The van der Waals surface area contributed by atoms with Crippen LogP contribution in [0.1, 0.15) is 17.5 Å². The highest BCUT2D eigenvalue weighted by atomic mass is 16.6. The third kappa shape index (κ3) is 1.79. The molecule has 19 heavy (non-hydrogen) atoms. The van der Waals surface area contributed by atoms with Crippen molar-refractivity contribution in [2.75, 3.05) is 11.9 Å². The molecule has 98 valence electrons. The monoisotopic (exact) mass is 261 g/mol. The van der Waals surface area contributed by atoms with Crippen LogP contribution < -0.4 is 10.6 Å². The highest BCUT2D eigenvalue weighted by Crippen LogP contribution is 2.34. The lowest BCUT2D eigenvalue weighted by molar-refractivity contribution is -0.384. The van der Waals surface area contributed by atoms with Gasteiger partial charge in [0.2, 0.25) is 5.76 Å². The maximum atomic E-state index is 11.9. The molecule has 1 amide bonds. The molecule has 0 saturated carbocycles. The maximum absolute atomic E-state index is 11.9. The molecule has 0 saturated heterocycles. The molecule has 1 aromatic carbocycles. The Morgan fingerprint density at radius 2 is 2.26 bits per heavy atom. The quantitative estimate of drug-likeness (QED) is 0.603. The summed E-state index contributed by atoms with van der Waals surface area (Å²) in [6, 6.07) is 4.23. The van der Waals surface area contributed by atoms with Crippen LogP contribution in [-0.2, 0) is 0 Å². The van der Waals surface area contributed by atoms with Crippen molar-refractivity contribution in [3.63, 3.8) is 0 Å². The van der Waals surface area contributed by atoms with E-state index >= 15 is 0 Å².